The van der Waals surface area contributed by atoms with Crippen LogP contribution < -0.4 is 0 Å². The summed E-state index contributed by atoms with van der Waals surface area (Å²) in [5.74, 6) is 1.49. The number of hydrogen-bond donors (Lipinski definition) is 0. The normalized spacial score (nSPS) is 39.0. The predicted molar refractivity (Wildman–Crippen MR) is 51.4 cm³/mol. The van der Waals surface area contributed by atoms with E-state index in [4.69, 9.17) is 9.47 Å². The summed E-state index contributed by atoms with van der Waals surface area (Å²) in [6.07, 6.45) is 6.68. The van der Waals surface area contributed by atoms with E-state index in [0.717, 1.165) is 19.1 Å². The Labute approximate surface area is 80.6 Å². The van der Waals surface area contributed by atoms with Crippen molar-refractivity contribution in [2.75, 3.05) is 13.2 Å². The van der Waals surface area contributed by atoms with Crippen molar-refractivity contribution in [3.63, 3.8) is 0 Å². The van der Waals surface area contributed by atoms with Crippen LogP contribution in [0.4, 0.5) is 0 Å². The number of ether oxygens (including phenoxy) is 2. The summed E-state index contributed by atoms with van der Waals surface area (Å²) >= 11 is 0. The molecule has 0 aliphatic carbocycles. The molecule has 2 heteroatoms. The molecule has 0 aromatic rings. The highest BCUT2D eigenvalue weighted by Crippen LogP contribution is 2.37. The third kappa shape index (κ3) is 2.05. The number of fused-ring (bicyclic) bond motifs is 1. The molecular formula is C11H20O2. The summed E-state index contributed by atoms with van der Waals surface area (Å²) in [6, 6.07) is 0. The molecule has 2 aliphatic rings. The van der Waals surface area contributed by atoms with E-state index in [1.807, 2.05) is 0 Å². The molecule has 0 N–H and O–H groups in total. The first-order valence-electron chi connectivity index (χ1n) is 5.65. The Morgan fingerprint density at radius 3 is 3.08 bits per heavy atom. The Morgan fingerprint density at radius 2 is 2.23 bits per heavy atom. The van der Waals surface area contributed by atoms with Crippen LogP contribution in [-0.4, -0.2) is 19.5 Å². The lowest BCUT2D eigenvalue weighted by Gasteiger charge is -2.27. The molecule has 13 heavy (non-hydrogen) atoms. The summed E-state index contributed by atoms with van der Waals surface area (Å²) in [5, 5.41) is 0. The molecule has 3 atom stereocenters. The Kier molecular flexibility index (Phi) is 3.23. The van der Waals surface area contributed by atoms with E-state index in [1.165, 1.54) is 32.1 Å². The van der Waals surface area contributed by atoms with Crippen LogP contribution in [0.2, 0.25) is 0 Å². The lowest BCUT2D eigenvalue weighted by atomic mass is 9.86. The van der Waals surface area contributed by atoms with Crippen molar-refractivity contribution in [2.45, 2.75) is 45.3 Å². The van der Waals surface area contributed by atoms with Gasteiger partial charge in [-0.1, -0.05) is 19.8 Å². The van der Waals surface area contributed by atoms with Crippen molar-refractivity contribution in [1.82, 2.24) is 0 Å². The molecule has 0 aromatic heterocycles. The van der Waals surface area contributed by atoms with Gasteiger partial charge in [0.05, 0.1) is 6.61 Å². The zero-order chi connectivity index (χ0) is 9.10. The smallest absolute Gasteiger partial charge is 0.160 e. The quantitative estimate of drug-likeness (QED) is 0.671. The van der Waals surface area contributed by atoms with Gasteiger partial charge in [0.25, 0.3) is 0 Å². The summed E-state index contributed by atoms with van der Waals surface area (Å²) in [4.78, 5) is 0. The summed E-state index contributed by atoms with van der Waals surface area (Å²) in [6.45, 7) is 4.10. The van der Waals surface area contributed by atoms with Crippen LogP contribution in [-0.2, 0) is 9.47 Å². The van der Waals surface area contributed by atoms with Gasteiger partial charge in [-0.15, -0.1) is 0 Å². The summed E-state index contributed by atoms with van der Waals surface area (Å²) in [5.41, 5.74) is 0. The minimum atomic E-state index is 0.149. The van der Waals surface area contributed by atoms with Crippen LogP contribution in [0.15, 0.2) is 0 Å². The molecule has 2 nitrogen and oxygen atoms in total. The van der Waals surface area contributed by atoms with Gasteiger partial charge < -0.3 is 9.47 Å². The fraction of sp³-hybridized carbons (Fsp3) is 1.00. The first-order valence-corrected chi connectivity index (χ1v) is 5.65. The van der Waals surface area contributed by atoms with Gasteiger partial charge in [0.1, 0.15) is 0 Å². The number of rotatable bonds is 3. The molecule has 2 fully saturated rings. The topological polar surface area (TPSA) is 18.5 Å². The average Bonchev–Trinajstić information content (AvgIpc) is 2.58. The summed E-state index contributed by atoms with van der Waals surface area (Å²) in [7, 11) is 0. The molecule has 0 radical (unpaired) electrons. The fourth-order valence-electron chi connectivity index (χ4n) is 2.51. The molecule has 2 aliphatic heterocycles. The van der Waals surface area contributed by atoms with Gasteiger partial charge in [-0.25, -0.2) is 0 Å². The first-order chi connectivity index (χ1) is 6.42. The van der Waals surface area contributed by atoms with Crippen molar-refractivity contribution in [1.29, 1.82) is 0 Å². The van der Waals surface area contributed by atoms with Crippen molar-refractivity contribution in [3.8, 4) is 0 Å². The Bertz CT molecular complexity index is 158. The minimum absolute atomic E-state index is 0.149. The number of unbranched alkanes of at least 4 members (excludes halogenated alkanes) is 1. The largest absolute Gasteiger partial charge is 0.352 e. The highest BCUT2D eigenvalue weighted by Gasteiger charge is 2.38. The van der Waals surface area contributed by atoms with Crippen molar-refractivity contribution in [3.05, 3.63) is 0 Å². The van der Waals surface area contributed by atoms with Crippen LogP contribution in [0.5, 0.6) is 0 Å². The van der Waals surface area contributed by atoms with E-state index < -0.39 is 0 Å². The van der Waals surface area contributed by atoms with E-state index in [0.29, 0.717) is 5.92 Å². The second-order valence-electron chi connectivity index (χ2n) is 4.28. The second kappa shape index (κ2) is 4.43. The van der Waals surface area contributed by atoms with Crippen LogP contribution in [0, 0.1) is 11.8 Å². The van der Waals surface area contributed by atoms with Crippen molar-refractivity contribution < 1.29 is 9.47 Å². The zero-order valence-electron chi connectivity index (χ0n) is 8.50. The van der Waals surface area contributed by atoms with E-state index in [9.17, 15) is 0 Å². The first kappa shape index (κ1) is 9.47. The Balaban J connectivity index is 1.84. The maximum atomic E-state index is 5.64. The van der Waals surface area contributed by atoms with Gasteiger partial charge in [0.2, 0.25) is 0 Å². The zero-order valence-corrected chi connectivity index (χ0v) is 8.50. The standard InChI is InChI=1S/C11H20O2/c1-2-3-5-9-8-13-11-10(9)6-4-7-12-11/h9-11H,2-8H2,1H3/t9?,10-,11+/m0/s1. The minimum Gasteiger partial charge on any atom is -0.352 e. The molecule has 0 spiro atoms. The average molecular weight is 184 g/mol. The van der Waals surface area contributed by atoms with E-state index in [2.05, 4.69) is 6.92 Å². The van der Waals surface area contributed by atoms with Crippen molar-refractivity contribution in [2.24, 2.45) is 11.8 Å². The highest BCUT2D eigenvalue weighted by molar-refractivity contribution is 4.81. The lowest BCUT2D eigenvalue weighted by molar-refractivity contribution is -0.151. The van der Waals surface area contributed by atoms with Gasteiger partial charge in [-0.3, -0.25) is 0 Å². The van der Waals surface area contributed by atoms with E-state index in [1.54, 1.807) is 0 Å². The molecule has 2 rings (SSSR count). The lowest BCUT2D eigenvalue weighted by Crippen LogP contribution is -2.28. The van der Waals surface area contributed by atoms with Crippen LogP contribution >= 0.6 is 0 Å². The molecule has 1 unspecified atom stereocenters. The molecular weight excluding hydrogens is 164 g/mol. The molecule has 0 saturated carbocycles. The maximum absolute atomic E-state index is 5.64. The third-order valence-electron chi connectivity index (χ3n) is 3.32. The van der Waals surface area contributed by atoms with Crippen LogP contribution in [0.3, 0.4) is 0 Å². The summed E-state index contributed by atoms with van der Waals surface area (Å²) < 4.78 is 11.2. The molecule has 0 amide bonds. The molecule has 0 aromatic carbocycles. The number of hydrogen-bond acceptors (Lipinski definition) is 2. The molecule has 76 valence electrons. The Morgan fingerprint density at radius 1 is 1.31 bits per heavy atom. The highest BCUT2D eigenvalue weighted by atomic mass is 16.7. The van der Waals surface area contributed by atoms with Crippen LogP contribution in [0.25, 0.3) is 0 Å². The van der Waals surface area contributed by atoms with E-state index >= 15 is 0 Å². The monoisotopic (exact) mass is 184 g/mol. The van der Waals surface area contributed by atoms with Gasteiger partial charge in [-0.05, 0) is 25.2 Å². The second-order valence-corrected chi connectivity index (χ2v) is 4.28. The van der Waals surface area contributed by atoms with Gasteiger partial charge in [0.15, 0.2) is 6.29 Å². The van der Waals surface area contributed by atoms with Crippen LogP contribution in [0.1, 0.15) is 39.0 Å². The molecule has 2 saturated heterocycles. The third-order valence-corrected chi connectivity index (χ3v) is 3.32. The maximum Gasteiger partial charge on any atom is 0.160 e. The van der Waals surface area contributed by atoms with Gasteiger partial charge in [0, 0.05) is 12.5 Å². The van der Waals surface area contributed by atoms with Crippen molar-refractivity contribution >= 4 is 0 Å². The molecule has 0 bridgehead atoms. The van der Waals surface area contributed by atoms with Gasteiger partial charge in [-0.2, -0.15) is 0 Å². The fourth-order valence-corrected chi connectivity index (χ4v) is 2.51. The molecule has 2 heterocycles. The Hall–Kier alpha value is -0.0800. The van der Waals surface area contributed by atoms with E-state index in [-0.39, 0.29) is 6.29 Å². The predicted octanol–water partition coefficient (Wildman–Crippen LogP) is 2.58. The van der Waals surface area contributed by atoms with Gasteiger partial charge >= 0.3 is 0 Å². The SMILES string of the molecule is CCCCC1CO[C@H]2OCCC[C@@H]12.